The van der Waals surface area contributed by atoms with E-state index in [2.05, 4.69) is 34.8 Å². The van der Waals surface area contributed by atoms with Gasteiger partial charge in [-0.2, -0.15) is 0 Å². The lowest BCUT2D eigenvalue weighted by atomic mass is 10.1. The van der Waals surface area contributed by atoms with Gasteiger partial charge in [-0.3, -0.25) is 0 Å². The van der Waals surface area contributed by atoms with Crippen molar-refractivity contribution in [3.63, 3.8) is 0 Å². The van der Waals surface area contributed by atoms with Gasteiger partial charge in [0.05, 0.1) is 0 Å². The highest BCUT2D eigenvalue weighted by molar-refractivity contribution is 9.10. The number of aryl methyl sites for hydroxylation is 1. The first kappa shape index (κ1) is 14.1. The van der Waals surface area contributed by atoms with Crippen molar-refractivity contribution in [2.24, 2.45) is 5.92 Å². The molecule has 0 unspecified atom stereocenters. The summed E-state index contributed by atoms with van der Waals surface area (Å²) >= 11 is 3.36. The first-order valence-electron chi connectivity index (χ1n) is 6.18. The molecule has 0 aliphatic heterocycles. The fraction of sp³-hybridized carbons (Fsp3) is 0.357. The Morgan fingerprint density at radius 1 is 1.42 bits per heavy atom. The summed E-state index contributed by atoms with van der Waals surface area (Å²) in [6.45, 7) is 7.02. The fourth-order valence-electron chi connectivity index (χ4n) is 2.06. The van der Waals surface area contributed by atoms with Crippen molar-refractivity contribution < 1.29 is 4.39 Å². The molecule has 1 aromatic heterocycles. The Hall–Kier alpha value is -1.36. The summed E-state index contributed by atoms with van der Waals surface area (Å²) in [6.07, 6.45) is 0. The second-order valence-electron chi connectivity index (χ2n) is 5.02. The summed E-state index contributed by atoms with van der Waals surface area (Å²) in [5.41, 5.74) is 7.69. The van der Waals surface area contributed by atoms with Gasteiger partial charge in [-0.05, 0) is 47.0 Å². The van der Waals surface area contributed by atoms with E-state index >= 15 is 0 Å². The number of hydrogen-bond donors (Lipinski definition) is 1. The number of benzene rings is 1. The number of imidazole rings is 1. The third-order valence-corrected chi connectivity index (χ3v) is 3.59. The minimum absolute atomic E-state index is 0.285. The van der Waals surface area contributed by atoms with Crippen LogP contribution in [0.5, 0.6) is 0 Å². The Labute approximate surface area is 120 Å². The zero-order valence-corrected chi connectivity index (χ0v) is 12.8. The predicted octanol–water partition coefficient (Wildman–Crippen LogP) is 4.00. The molecule has 102 valence electrons. The molecular formula is C14H17BrFN3. The van der Waals surface area contributed by atoms with Crippen LogP contribution >= 0.6 is 15.9 Å². The predicted molar refractivity (Wildman–Crippen MR) is 79.3 cm³/mol. The van der Waals surface area contributed by atoms with Gasteiger partial charge in [0.15, 0.2) is 0 Å². The normalized spacial score (nSPS) is 11.3. The van der Waals surface area contributed by atoms with Crippen LogP contribution in [-0.2, 0) is 6.54 Å². The van der Waals surface area contributed by atoms with Gasteiger partial charge in [0, 0.05) is 16.6 Å². The average molecular weight is 326 g/mol. The number of nitrogen functional groups attached to an aromatic ring is 1. The molecule has 3 nitrogen and oxygen atoms in total. The van der Waals surface area contributed by atoms with Gasteiger partial charge in [-0.1, -0.05) is 13.8 Å². The molecule has 0 atom stereocenters. The van der Waals surface area contributed by atoms with Gasteiger partial charge in [-0.25, -0.2) is 9.37 Å². The van der Waals surface area contributed by atoms with Crippen LogP contribution < -0.4 is 5.73 Å². The number of hydrogen-bond acceptors (Lipinski definition) is 2. The van der Waals surface area contributed by atoms with Crippen molar-refractivity contribution in [2.75, 3.05) is 5.73 Å². The van der Waals surface area contributed by atoms with E-state index in [-0.39, 0.29) is 5.82 Å². The molecule has 2 rings (SSSR count). The number of nitrogens with zero attached hydrogens (tertiary/aromatic N) is 2. The lowest BCUT2D eigenvalue weighted by Crippen LogP contribution is -2.09. The molecular weight excluding hydrogens is 309 g/mol. The maximum atomic E-state index is 13.1. The highest BCUT2D eigenvalue weighted by atomic mass is 79.9. The quantitative estimate of drug-likeness (QED) is 0.926. The van der Waals surface area contributed by atoms with Crippen LogP contribution in [-0.4, -0.2) is 9.55 Å². The zero-order valence-electron chi connectivity index (χ0n) is 11.2. The number of halogens is 2. The molecule has 0 amide bonds. The summed E-state index contributed by atoms with van der Waals surface area (Å²) in [4.78, 5) is 4.51. The maximum absolute atomic E-state index is 13.1. The van der Waals surface area contributed by atoms with Crippen LogP contribution in [0.2, 0.25) is 0 Å². The molecule has 0 fully saturated rings. The number of aromatic nitrogens is 2. The van der Waals surface area contributed by atoms with Crippen LogP contribution in [0.15, 0.2) is 22.7 Å². The average Bonchev–Trinajstić information content (AvgIpc) is 2.57. The molecule has 0 spiro atoms. The van der Waals surface area contributed by atoms with Crippen molar-refractivity contribution in [1.82, 2.24) is 9.55 Å². The van der Waals surface area contributed by atoms with E-state index in [9.17, 15) is 4.39 Å². The largest absolute Gasteiger partial charge is 0.383 e. The molecule has 1 aromatic carbocycles. The Kier molecular flexibility index (Phi) is 3.94. The van der Waals surface area contributed by atoms with Crippen LogP contribution in [0.1, 0.15) is 19.7 Å². The molecule has 0 bridgehead atoms. The molecule has 5 heteroatoms. The monoisotopic (exact) mass is 325 g/mol. The second kappa shape index (κ2) is 5.33. The molecule has 0 radical (unpaired) electrons. The topological polar surface area (TPSA) is 43.8 Å². The Morgan fingerprint density at radius 2 is 2.11 bits per heavy atom. The van der Waals surface area contributed by atoms with Gasteiger partial charge in [-0.15, -0.1) is 0 Å². The Bertz CT molecular complexity index is 605. The maximum Gasteiger partial charge on any atom is 0.131 e. The SMILES string of the molecule is Cc1nc(-c2ccc(F)cc2Br)c(N)n1CC(C)C. The number of anilines is 1. The van der Waals surface area contributed by atoms with Crippen molar-refractivity contribution in [3.05, 3.63) is 34.3 Å². The lowest BCUT2D eigenvalue weighted by molar-refractivity contribution is 0.518. The summed E-state index contributed by atoms with van der Waals surface area (Å²) < 4.78 is 15.8. The highest BCUT2D eigenvalue weighted by Crippen LogP contribution is 2.33. The molecule has 2 N–H and O–H groups in total. The van der Waals surface area contributed by atoms with Crippen molar-refractivity contribution in [2.45, 2.75) is 27.3 Å². The van der Waals surface area contributed by atoms with Gasteiger partial charge in [0.2, 0.25) is 0 Å². The van der Waals surface area contributed by atoms with E-state index in [4.69, 9.17) is 5.73 Å². The summed E-state index contributed by atoms with van der Waals surface area (Å²) in [6, 6.07) is 4.53. The van der Waals surface area contributed by atoms with E-state index in [1.165, 1.54) is 12.1 Å². The summed E-state index contributed by atoms with van der Waals surface area (Å²) in [5.74, 6) is 1.70. The van der Waals surface area contributed by atoms with E-state index in [1.54, 1.807) is 6.07 Å². The molecule has 2 aromatic rings. The van der Waals surface area contributed by atoms with Gasteiger partial charge >= 0.3 is 0 Å². The zero-order chi connectivity index (χ0) is 14.2. The summed E-state index contributed by atoms with van der Waals surface area (Å²) in [7, 11) is 0. The molecule has 0 saturated heterocycles. The van der Waals surface area contributed by atoms with Gasteiger partial charge < -0.3 is 10.3 Å². The lowest BCUT2D eigenvalue weighted by Gasteiger charge is -2.10. The third-order valence-electron chi connectivity index (χ3n) is 2.93. The smallest absolute Gasteiger partial charge is 0.131 e. The first-order valence-corrected chi connectivity index (χ1v) is 6.97. The summed E-state index contributed by atoms with van der Waals surface area (Å²) in [5, 5.41) is 0. The third kappa shape index (κ3) is 2.81. The van der Waals surface area contributed by atoms with E-state index in [0.29, 0.717) is 21.9 Å². The van der Waals surface area contributed by atoms with E-state index in [0.717, 1.165) is 17.9 Å². The first-order chi connectivity index (χ1) is 8.90. The van der Waals surface area contributed by atoms with Gasteiger partial charge in [0.1, 0.15) is 23.2 Å². The number of nitrogens with two attached hydrogens (primary N) is 1. The van der Waals surface area contributed by atoms with Crippen molar-refractivity contribution in [3.8, 4) is 11.3 Å². The van der Waals surface area contributed by atoms with E-state index < -0.39 is 0 Å². The Balaban J connectivity index is 2.51. The van der Waals surface area contributed by atoms with Crippen LogP contribution in [0.4, 0.5) is 10.2 Å². The minimum Gasteiger partial charge on any atom is -0.383 e. The fourth-order valence-corrected chi connectivity index (χ4v) is 2.60. The van der Waals surface area contributed by atoms with Crippen molar-refractivity contribution in [1.29, 1.82) is 0 Å². The Morgan fingerprint density at radius 3 is 2.68 bits per heavy atom. The van der Waals surface area contributed by atoms with Gasteiger partial charge in [0.25, 0.3) is 0 Å². The van der Waals surface area contributed by atoms with Crippen LogP contribution in [0, 0.1) is 18.7 Å². The van der Waals surface area contributed by atoms with Crippen molar-refractivity contribution >= 4 is 21.7 Å². The molecule has 0 aliphatic rings. The number of rotatable bonds is 3. The minimum atomic E-state index is -0.285. The highest BCUT2D eigenvalue weighted by Gasteiger charge is 2.16. The van der Waals surface area contributed by atoms with E-state index in [1.807, 2.05) is 11.5 Å². The molecule has 0 saturated carbocycles. The molecule has 1 heterocycles. The molecule has 19 heavy (non-hydrogen) atoms. The standard InChI is InChI=1S/C14H17BrFN3/c1-8(2)7-19-9(3)18-13(14(19)17)11-5-4-10(16)6-12(11)15/h4-6,8H,7,17H2,1-3H3. The van der Waals surface area contributed by atoms with Crippen LogP contribution in [0.3, 0.4) is 0 Å². The second-order valence-corrected chi connectivity index (χ2v) is 5.88. The van der Waals surface area contributed by atoms with Crippen LogP contribution in [0.25, 0.3) is 11.3 Å². The molecule has 0 aliphatic carbocycles.